The van der Waals surface area contributed by atoms with E-state index in [1.165, 1.54) is 0 Å². The van der Waals surface area contributed by atoms with Crippen molar-refractivity contribution >= 4 is 5.52 Å². The van der Waals surface area contributed by atoms with Crippen LogP contribution in [0.25, 0.3) is 5.52 Å². The maximum Gasteiger partial charge on any atom is 0.142 e. The highest BCUT2D eigenvalue weighted by Gasteiger charge is 1.97. The Labute approximate surface area is 51.9 Å². The number of hydrogen-bond acceptors (Lipinski definition) is 2. The van der Waals surface area contributed by atoms with Crippen LogP contribution < -0.4 is 0 Å². The fourth-order valence-corrected chi connectivity index (χ4v) is 0.860. The first kappa shape index (κ1) is 4.61. The van der Waals surface area contributed by atoms with Gasteiger partial charge in [-0.2, -0.15) is 4.57 Å². The summed E-state index contributed by atoms with van der Waals surface area (Å²) >= 11 is 0. The molecule has 0 aliphatic rings. The molecule has 0 spiro atoms. The molecule has 0 saturated carbocycles. The molecule has 0 radical (unpaired) electrons. The molecule has 0 N–H and O–H groups in total. The van der Waals surface area contributed by atoms with Gasteiger partial charge in [-0.15, -0.1) is 0 Å². The second kappa shape index (κ2) is 1.37. The molecule has 3 heteroatoms. The molecule has 3 nitrogen and oxygen atoms in total. The fourth-order valence-electron chi connectivity index (χ4n) is 0.860. The van der Waals surface area contributed by atoms with Crippen LogP contribution in [0.3, 0.4) is 0 Å². The van der Waals surface area contributed by atoms with Crippen molar-refractivity contribution in [2.45, 2.75) is 6.92 Å². The van der Waals surface area contributed by atoms with Crippen molar-refractivity contribution in [2.75, 3.05) is 0 Å². The molecule has 2 aromatic rings. The first-order valence-electron chi connectivity index (χ1n) is 2.76. The van der Waals surface area contributed by atoms with Crippen molar-refractivity contribution in [1.29, 1.82) is 0 Å². The molecule has 0 amide bonds. The van der Waals surface area contributed by atoms with Gasteiger partial charge in [-0.05, 0) is 6.92 Å². The van der Waals surface area contributed by atoms with Gasteiger partial charge in [0.05, 0.1) is 6.20 Å². The first-order chi connectivity index (χ1) is 4.38. The van der Waals surface area contributed by atoms with Crippen molar-refractivity contribution in [3.63, 3.8) is 0 Å². The Bertz CT molecular complexity index is 320. The van der Waals surface area contributed by atoms with Gasteiger partial charge < -0.3 is 4.52 Å². The van der Waals surface area contributed by atoms with E-state index in [0.717, 1.165) is 11.3 Å². The number of aryl methyl sites for hydroxylation is 1. The normalized spacial score (nSPS) is 10.8. The van der Waals surface area contributed by atoms with E-state index in [9.17, 15) is 0 Å². The molecule has 0 aromatic carbocycles. The molecule has 2 rings (SSSR count). The largest absolute Gasteiger partial charge is 0.381 e. The van der Waals surface area contributed by atoms with Gasteiger partial charge in [0.25, 0.3) is 0 Å². The van der Waals surface area contributed by atoms with Crippen molar-refractivity contribution in [2.24, 2.45) is 0 Å². The third-order valence-electron chi connectivity index (χ3n) is 1.32. The van der Waals surface area contributed by atoms with Gasteiger partial charge in [-0.1, -0.05) is 0 Å². The SMILES string of the molecule is Cc1ncc2ccon12. The zero-order chi connectivity index (χ0) is 6.27. The molecule has 0 bridgehead atoms. The number of rotatable bonds is 0. The standard InChI is InChI=1S/C6H6N2O/c1-5-7-4-6-2-3-9-8(5)6/h2-4H,1H3. The average Bonchev–Trinajstić information content (AvgIpc) is 2.35. The van der Waals surface area contributed by atoms with Crippen LogP contribution in [0.5, 0.6) is 0 Å². The van der Waals surface area contributed by atoms with Gasteiger partial charge in [-0.25, -0.2) is 4.98 Å². The van der Waals surface area contributed by atoms with Crippen molar-refractivity contribution in [3.05, 3.63) is 24.4 Å². The predicted octanol–water partition coefficient (Wildman–Crippen LogP) is 1.24. The summed E-state index contributed by atoms with van der Waals surface area (Å²) in [5, 5.41) is 0. The molecule has 0 fully saturated rings. The lowest BCUT2D eigenvalue weighted by Crippen LogP contribution is -1.79. The molecule has 0 aliphatic heterocycles. The van der Waals surface area contributed by atoms with Gasteiger partial charge in [0, 0.05) is 6.07 Å². The lowest BCUT2D eigenvalue weighted by atomic mass is 10.6. The number of aromatic nitrogens is 2. The topological polar surface area (TPSA) is 30.4 Å². The zero-order valence-corrected chi connectivity index (χ0v) is 5.03. The van der Waals surface area contributed by atoms with E-state index in [4.69, 9.17) is 4.52 Å². The molecule has 2 aromatic heterocycles. The second-order valence-corrected chi connectivity index (χ2v) is 1.93. The van der Waals surface area contributed by atoms with Crippen LogP contribution in [0.4, 0.5) is 0 Å². The van der Waals surface area contributed by atoms with E-state index in [1.54, 1.807) is 17.0 Å². The highest BCUT2D eigenvalue weighted by atomic mass is 16.5. The zero-order valence-electron chi connectivity index (χ0n) is 5.03. The van der Waals surface area contributed by atoms with E-state index in [-0.39, 0.29) is 0 Å². The number of nitrogens with zero attached hydrogens (tertiary/aromatic N) is 2. The van der Waals surface area contributed by atoms with Gasteiger partial charge in [0.15, 0.2) is 0 Å². The van der Waals surface area contributed by atoms with Crippen molar-refractivity contribution in [1.82, 2.24) is 9.56 Å². The van der Waals surface area contributed by atoms with Crippen LogP contribution in [-0.2, 0) is 0 Å². The molecule has 0 atom stereocenters. The van der Waals surface area contributed by atoms with Gasteiger partial charge in [-0.3, -0.25) is 0 Å². The first-order valence-corrected chi connectivity index (χ1v) is 2.76. The Morgan fingerprint density at radius 2 is 2.56 bits per heavy atom. The summed E-state index contributed by atoms with van der Waals surface area (Å²) in [7, 11) is 0. The van der Waals surface area contributed by atoms with Crippen LogP contribution >= 0.6 is 0 Å². The summed E-state index contributed by atoms with van der Waals surface area (Å²) < 4.78 is 6.72. The maximum absolute atomic E-state index is 5.04. The van der Waals surface area contributed by atoms with Gasteiger partial charge in [0.1, 0.15) is 17.6 Å². The number of imidazole rings is 1. The third-order valence-corrected chi connectivity index (χ3v) is 1.32. The predicted molar refractivity (Wildman–Crippen MR) is 32.2 cm³/mol. The van der Waals surface area contributed by atoms with Gasteiger partial charge >= 0.3 is 0 Å². The van der Waals surface area contributed by atoms with E-state index in [1.807, 2.05) is 13.0 Å². The highest BCUT2D eigenvalue weighted by Crippen LogP contribution is 2.04. The van der Waals surface area contributed by atoms with E-state index in [2.05, 4.69) is 4.98 Å². The second-order valence-electron chi connectivity index (χ2n) is 1.93. The summed E-state index contributed by atoms with van der Waals surface area (Å²) in [5.41, 5.74) is 1.01. The Hall–Kier alpha value is -1.25. The minimum Gasteiger partial charge on any atom is -0.381 e. The molecule has 2 heterocycles. The monoisotopic (exact) mass is 122 g/mol. The Morgan fingerprint density at radius 1 is 1.67 bits per heavy atom. The average molecular weight is 122 g/mol. The maximum atomic E-state index is 5.04. The number of hydrogen-bond donors (Lipinski definition) is 0. The minimum absolute atomic E-state index is 0.884. The molecular weight excluding hydrogens is 116 g/mol. The summed E-state index contributed by atoms with van der Waals surface area (Å²) in [6, 6.07) is 1.88. The van der Waals surface area contributed by atoms with Gasteiger partial charge in [0.2, 0.25) is 0 Å². The number of fused-ring (bicyclic) bond motifs is 1. The lowest BCUT2D eigenvalue weighted by Gasteiger charge is -1.81. The smallest absolute Gasteiger partial charge is 0.142 e. The Morgan fingerprint density at radius 3 is 3.33 bits per heavy atom. The Kier molecular flexibility index (Phi) is 0.704. The van der Waals surface area contributed by atoms with E-state index >= 15 is 0 Å². The lowest BCUT2D eigenvalue weighted by molar-refractivity contribution is 0.367. The van der Waals surface area contributed by atoms with Crippen LogP contribution in [0.15, 0.2) is 23.0 Å². The van der Waals surface area contributed by atoms with Crippen molar-refractivity contribution in [3.8, 4) is 0 Å². The third kappa shape index (κ3) is 0.483. The summed E-state index contributed by atoms with van der Waals surface area (Å²) in [4.78, 5) is 4.02. The van der Waals surface area contributed by atoms with Crippen molar-refractivity contribution < 1.29 is 4.52 Å². The van der Waals surface area contributed by atoms with Crippen LogP contribution in [0.2, 0.25) is 0 Å². The minimum atomic E-state index is 0.884. The summed E-state index contributed by atoms with van der Waals surface area (Å²) in [5.74, 6) is 0.884. The summed E-state index contributed by atoms with van der Waals surface area (Å²) in [6.45, 7) is 1.90. The molecule has 9 heavy (non-hydrogen) atoms. The summed E-state index contributed by atoms with van der Waals surface area (Å²) in [6.07, 6.45) is 3.42. The van der Waals surface area contributed by atoms with Crippen LogP contribution in [0.1, 0.15) is 5.82 Å². The highest BCUT2D eigenvalue weighted by molar-refractivity contribution is 5.42. The molecular formula is C6H6N2O. The fraction of sp³-hybridized carbons (Fsp3) is 0.167. The van der Waals surface area contributed by atoms with Crippen LogP contribution in [0, 0.1) is 6.92 Å². The Balaban J connectivity index is 2.99. The van der Waals surface area contributed by atoms with E-state index in [0.29, 0.717) is 0 Å². The molecule has 0 saturated heterocycles. The molecule has 0 aliphatic carbocycles. The van der Waals surface area contributed by atoms with Crippen LogP contribution in [-0.4, -0.2) is 9.56 Å². The quantitative estimate of drug-likeness (QED) is 0.526. The molecule has 46 valence electrons. The van der Waals surface area contributed by atoms with E-state index < -0.39 is 0 Å². The molecule has 0 unspecified atom stereocenters.